The summed E-state index contributed by atoms with van der Waals surface area (Å²) < 4.78 is 12.8. The zero-order valence-electron chi connectivity index (χ0n) is 18.2. The Labute approximate surface area is 190 Å². The van der Waals surface area contributed by atoms with Crippen LogP contribution in [0, 0.1) is 11.8 Å². The largest absolute Gasteiger partial charge is 0.489 e. The lowest BCUT2D eigenvalue weighted by Gasteiger charge is -2.12. The van der Waals surface area contributed by atoms with Crippen LogP contribution in [0.1, 0.15) is 30.4 Å². The Bertz CT molecular complexity index is 1320. The number of benzene rings is 1. The van der Waals surface area contributed by atoms with Crippen molar-refractivity contribution >= 4 is 11.6 Å². The maximum absolute atomic E-state index is 11.1. The number of ether oxygens (including phenoxy) is 2. The SMILES string of the molecule is CC#CC(CC(=O)O)c1ccc(OCc2cc(-c3ccc(OC)nc3)cn3ncnc23)cc1. The molecule has 0 radical (unpaired) electrons. The molecule has 0 aliphatic heterocycles. The first-order valence-corrected chi connectivity index (χ1v) is 10.3. The van der Waals surface area contributed by atoms with Gasteiger partial charge in [-0.05, 0) is 36.8 Å². The molecule has 8 heteroatoms. The molecule has 0 saturated carbocycles. The standard InChI is InChI=1S/C25H22N4O4/c1-3-4-18(12-24(30)31)17-5-8-22(9-6-17)33-15-21-11-20(14-29-25(21)27-16-28-29)19-7-10-23(32-2)26-13-19/h5-11,13-14,16,18H,12,15H2,1-2H3,(H,30,31). The number of rotatable bonds is 8. The Balaban J connectivity index is 1.54. The van der Waals surface area contributed by atoms with E-state index in [1.54, 1.807) is 30.8 Å². The Kier molecular flexibility index (Phi) is 6.51. The lowest BCUT2D eigenvalue weighted by molar-refractivity contribution is -0.137. The van der Waals surface area contributed by atoms with Crippen LogP contribution in [0.4, 0.5) is 0 Å². The van der Waals surface area contributed by atoms with Crippen molar-refractivity contribution in [1.82, 2.24) is 19.6 Å². The van der Waals surface area contributed by atoms with Crippen LogP contribution in [0.25, 0.3) is 16.8 Å². The molecule has 1 atom stereocenters. The molecule has 0 aliphatic rings. The number of carboxylic acids is 1. The van der Waals surface area contributed by atoms with Crippen LogP contribution in [0.5, 0.6) is 11.6 Å². The fraction of sp³-hybridized carbons (Fsp3) is 0.200. The number of fused-ring (bicyclic) bond motifs is 1. The van der Waals surface area contributed by atoms with Crippen LogP contribution in [-0.4, -0.2) is 37.8 Å². The van der Waals surface area contributed by atoms with Crippen LogP contribution in [-0.2, 0) is 11.4 Å². The average molecular weight is 442 g/mol. The summed E-state index contributed by atoms with van der Waals surface area (Å²) in [5.41, 5.74) is 4.25. The molecule has 0 aliphatic carbocycles. The van der Waals surface area contributed by atoms with Gasteiger partial charge in [-0.25, -0.2) is 14.5 Å². The predicted octanol–water partition coefficient (Wildman–Crippen LogP) is 3.96. The normalized spacial score (nSPS) is 11.5. The molecule has 1 unspecified atom stereocenters. The van der Waals surface area contributed by atoms with Crippen molar-refractivity contribution in [2.24, 2.45) is 0 Å². The molecule has 4 aromatic rings. The predicted molar refractivity (Wildman–Crippen MR) is 122 cm³/mol. The van der Waals surface area contributed by atoms with Crippen molar-refractivity contribution < 1.29 is 19.4 Å². The van der Waals surface area contributed by atoms with Crippen molar-refractivity contribution in [3.63, 3.8) is 0 Å². The molecule has 3 heterocycles. The fourth-order valence-electron chi connectivity index (χ4n) is 3.49. The zero-order valence-corrected chi connectivity index (χ0v) is 18.2. The number of carbonyl (C=O) groups is 1. The molecule has 0 spiro atoms. The highest BCUT2D eigenvalue weighted by molar-refractivity contribution is 5.69. The smallest absolute Gasteiger partial charge is 0.304 e. The monoisotopic (exact) mass is 442 g/mol. The molecular formula is C25H22N4O4. The molecule has 3 aromatic heterocycles. The number of hydrogen-bond acceptors (Lipinski definition) is 6. The van der Waals surface area contributed by atoms with E-state index in [9.17, 15) is 4.79 Å². The molecule has 0 amide bonds. The van der Waals surface area contributed by atoms with E-state index < -0.39 is 5.97 Å². The zero-order chi connectivity index (χ0) is 23.2. The van der Waals surface area contributed by atoms with Crippen LogP contribution >= 0.6 is 0 Å². The average Bonchev–Trinajstić information content (AvgIpc) is 3.31. The summed E-state index contributed by atoms with van der Waals surface area (Å²) in [6.07, 6.45) is 5.09. The quantitative estimate of drug-likeness (QED) is 0.412. The van der Waals surface area contributed by atoms with Crippen LogP contribution in [0.15, 0.2) is 61.2 Å². The van der Waals surface area contributed by atoms with Gasteiger partial charge in [-0.2, -0.15) is 5.10 Å². The fourth-order valence-corrected chi connectivity index (χ4v) is 3.49. The van der Waals surface area contributed by atoms with Gasteiger partial charge in [-0.1, -0.05) is 18.1 Å². The van der Waals surface area contributed by atoms with E-state index in [0.29, 0.717) is 17.3 Å². The number of nitrogens with zero attached hydrogens (tertiary/aromatic N) is 4. The summed E-state index contributed by atoms with van der Waals surface area (Å²) in [5, 5.41) is 13.4. The molecule has 0 saturated heterocycles. The minimum Gasteiger partial charge on any atom is -0.489 e. The van der Waals surface area contributed by atoms with Crippen molar-refractivity contribution in [3.05, 3.63) is 72.3 Å². The van der Waals surface area contributed by atoms with E-state index in [2.05, 4.69) is 26.9 Å². The molecule has 1 N–H and O–H groups in total. The van der Waals surface area contributed by atoms with Crippen molar-refractivity contribution in [2.45, 2.75) is 25.9 Å². The minimum absolute atomic E-state index is 0.0427. The topological polar surface area (TPSA) is 98.8 Å². The van der Waals surface area contributed by atoms with Gasteiger partial charge in [-0.15, -0.1) is 5.92 Å². The Morgan fingerprint density at radius 1 is 1.15 bits per heavy atom. The van der Waals surface area contributed by atoms with E-state index >= 15 is 0 Å². The van der Waals surface area contributed by atoms with Crippen LogP contribution < -0.4 is 9.47 Å². The third-order valence-electron chi connectivity index (χ3n) is 5.10. The summed E-state index contributed by atoms with van der Waals surface area (Å²) in [7, 11) is 1.58. The number of carboxylic acid groups (broad SMARTS) is 1. The first-order chi connectivity index (χ1) is 16.1. The summed E-state index contributed by atoms with van der Waals surface area (Å²) in [4.78, 5) is 19.7. The summed E-state index contributed by atoms with van der Waals surface area (Å²) in [6, 6.07) is 13.1. The Hall–Kier alpha value is -4.38. The van der Waals surface area contributed by atoms with Gasteiger partial charge in [0.25, 0.3) is 0 Å². The lowest BCUT2D eigenvalue weighted by Crippen LogP contribution is -2.05. The lowest BCUT2D eigenvalue weighted by atomic mass is 9.96. The van der Waals surface area contributed by atoms with Gasteiger partial charge in [0.15, 0.2) is 5.65 Å². The molecule has 8 nitrogen and oxygen atoms in total. The Morgan fingerprint density at radius 3 is 2.64 bits per heavy atom. The molecule has 0 fully saturated rings. The molecular weight excluding hydrogens is 420 g/mol. The number of aromatic nitrogens is 4. The van der Waals surface area contributed by atoms with Crippen LogP contribution in [0.2, 0.25) is 0 Å². The number of hydrogen-bond donors (Lipinski definition) is 1. The molecule has 0 bridgehead atoms. The highest BCUT2D eigenvalue weighted by atomic mass is 16.5. The first kappa shape index (κ1) is 21.8. The summed E-state index contributed by atoms with van der Waals surface area (Å²) in [6.45, 7) is 1.99. The number of pyridine rings is 2. The van der Waals surface area contributed by atoms with Crippen molar-refractivity contribution in [3.8, 4) is 34.6 Å². The van der Waals surface area contributed by atoms with E-state index in [1.165, 1.54) is 6.33 Å². The minimum atomic E-state index is -0.882. The second-order valence-corrected chi connectivity index (χ2v) is 7.27. The maximum Gasteiger partial charge on any atom is 0.304 e. The van der Waals surface area contributed by atoms with Crippen LogP contribution in [0.3, 0.4) is 0 Å². The maximum atomic E-state index is 11.1. The van der Waals surface area contributed by atoms with Crippen molar-refractivity contribution in [1.29, 1.82) is 0 Å². The second-order valence-electron chi connectivity index (χ2n) is 7.27. The van der Waals surface area contributed by atoms with Gasteiger partial charge < -0.3 is 14.6 Å². The number of methoxy groups -OCH3 is 1. The molecule has 1 aromatic carbocycles. The molecule has 33 heavy (non-hydrogen) atoms. The van der Waals surface area contributed by atoms with E-state index in [0.717, 1.165) is 22.3 Å². The third kappa shape index (κ3) is 5.10. The third-order valence-corrected chi connectivity index (χ3v) is 5.10. The van der Waals surface area contributed by atoms with Gasteiger partial charge in [0.2, 0.25) is 5.88 Å². The molecule has 166 valence electrons. The number of aliphatic carboxylic acids is 1. The van der Waals surface area contributed by atoms with Gasteiger partial charge in [0, 0.05) is 35.2 Å². The van der Waals surface area contributed by atoms with Gasteiger partial charge >= 0.3 is 5.97 Å². The highest BCUT2D eigenvalue weighted by Gasteiger charge is 2.14. The highest BCUT2D eigenvalue weighted by Crippen LogP contribution is 2.26. The van der Waals surface area contributed by atoms with Gasteiger partial charge in [0.05, 0.1) is 19.4 Å². The van der Waals surface area contributed by atoms with E-state index in [1.807, 2.05) is 42.6 Å². The van der Waals surface area contributed by atoms with Gasteiger partial charge in [-0.3, -0.25) is 4.79 Å². The second kappa shape index (κ2) is 9.83. The van der Waals surface area contributed by atoms with Crippen molar-refractivity contribution in [2.75, 3.05) is 7.11 Å². The van der Waals surface area contributed by atoms with Gasteiger partial charge in [0.1, 0.15) is 18.7 Å². The molecule has 4 rings (SSSR count). The van der Waals surface area contributed by atoms with E-state index in [4.69, 9.17) is 14.6 Å². The van der Waals surface area contributed by atoms with E-state index in [-0.39, 0.29) is 18.9 Å². The first-order valence-electron chi connectivity index (χ1n) is 10.3. The summed E-state index contributed by atoms with van der Waals surface area (Å²) >= 11 is 0. The Morgan fingerprint density at radius 2 is 1.97 bits per heavy atom. The summed E-state index contributed by atoms with van der Waals surface area (Å²) in [5.74, 6) is 5.72.